The van der Waals surface area contributed by atoms with Crippen LogP contribution in [0.2, 0.25) is 0 Å². The van der Waals surface area contributed by atoms with Gasteiger partial charge in [0.15, 0.2) is 0 Å². The Morgan fingerprint density at radius 1 is 0.912 bits per heavy atom. The van der Waals surface area contributed by atoms with E-state index in [4.69, 9.17) is 0 Å². The highest BCUT2D eigenvalue weighted by Gasteiger charge is 2.39. The van der Waals surface area contributed by atoms with Gasteiger partial charge < -0.3 is 10.2 Å². The topological polar surface area (TPSA) is 38.8 Å². The number of alkyl halides is 3. The van der Waals surface area contributed by atoms with Crippen molar-refractivity contribution < 1.29 is 22.4 Å². The number of hydrogen-bond donors (Lipinski definition) is 1. The summed E-state index contributed by atoms with van der Waals surface area (Å²) in [6.07, 6.45) is -3.73. The van der Waals surface area contributed by atoms with E-state index in [0.29, 0.717) is 25.1 Å². The van der Waals surface area contributed by atoms with E-state index in [1.54, 1.807) is 18.2 Å². The summed E-state index contributed by atoms with van der Waals surface area (Å²) >= 11 is 0. The Morgan fingerprint density at radius 2 is 1.65 bits per heavy atom. The fourth-order valence-corrected chi connectivity index (χ4v) is 5.48. The Kier molecular flexibility index (Phi) is 6.24. The molecule has 2 amide bonds. The molecule has 182 valence electrons. The lowest BCUT2D eigenvalue weighted by Crippen LogP contribution is -2.49. The quantitative estimate of drug-likeness (QED) is 0.662. The number of nitrogens with one attached hydrogen (secondary N) is 1. The maximum Gasteiger partial charge on any atom is 0.416 e. The molecule has 0 bridgehead atoms. The SMILES string of the molecule is O=C1NCCN1CCN1CCN([C@H]2C[C@H](c3ccc(F)cc3)c3cc(C(F)(F)F)ccc32)CC1. The normalized spacial score (nSPS) is 23.9. The number of halogens is 4. The van der Waals surface area contributed by atoms with E-state index >= 15 is 0 Å². The van der Waals surface area contributed by atoms with Crippen molar-refractivity contribution in [3.05, 3.63) is 70.5 Å². The predicted octanol–water partition coefficient (Wildman–Crippen LogP) is 4.06. The molecule has 0 unspecified atom stereocenters. The lowest BCUT2D eigenvalue weighted by Gasteiger charge is -2.39. The molecule has 2 aromatic carbocycles. The van der Waals surface area contributed by atoms with Gasteiger partial charge >= 0.3 is 12.2 Å². The smallest absolute Gasteiger partial charge is 0.336 e. The molecule has 9 heteroatoms. The Labute approximate surface area is 196 Å². The third kappa shape index (κ3) is 4.63. The van der Waals surface area contributed by atoms with Crippen LogP contribution in [0.25, 0.3) is 0 Å². The Balaban J connectivity index is 1.31. The van der Waals surface area contributed by atoms with Crippen LogP contribution < -0.4 is 5.32 Å². The van der Waals surface area contributed by atoms with Gasteiger partial charge in [-0.3, -0.25) is 9.80 Å². The van der Waals surface area contributed by atoms with Crippen LogP contribution in [0, 0.1) is 5.82 Å². The van der Waals surface area contributed by atoms with Gasteiger partial charge in [0.2, 0.25) is 0 Å². The Bertz CT molecular complexity index is 1030. The Hall–Kier alpha value is -2.65. The highest BCUT2D eigenvalue weighted by Crippen LogP contribution is 2.48. The minimum Gasteiger partial charge on any atom is -0.336 e. The molecular weight excluding hydrogens is 448 g/mol. The first-order valence-electron chi connectivity index (χ1n) is 11.8. The Morgan fingerprint density at radius 3 is 2.29 bits per heavy atom. The molecule has 0 saturated carbocycles. The fourth-order valence-electron chi connectivity index (χ4n) is 5.48. The van der Waals surface area contributed by atoms with E-state index in [1.807, 2.05) is 4.90 Å². The summed E-state index contributed by atoms with van der Waals surface area (Å²) in [5, 5.41) is 2.81. The maximum atomic E-state index is 13.5. The van der Waals surface area contributed by atoms with Crippen LogP contribution in [0.5, 0.6) is 0 Å². The minimum absolute atomic E-state index is 0.00809. The van der Waals surface area contributed by atoms with Crippen LogP contribution in [0.1, 0.15) is 40.6 Å². The van der Waals surface area contributed by atoms with Gasteiger partial charge in [-0.25, -0.2) is 9.18 Å². The van der Waals surface area contributed by atoms with Crippen molar-refractivity contribution in [1.82, 2.24) is 20.0 Å². The number of nitrogens with zero attached hydrogens (tertiary/aromatic N) is 3. The first-order chi connectivity index (χ1) is 16.3. The predicted molar refractivity (Wildman–Crippen MR) is 120 cm³/mol. The molecule has 2 atom stereocenters. The number of urea groups is 1. The number of piperazine rings is 1. The first-order valence-corrected chi connectivity index (χ1v) is 11.8. The van der Waals surface area contributed by atoms with E-state index in [9.17, 15) is 22.4 Å². The summed E-state index contributed by atoms with van der Waals surface area (Å²) in [6.45, 7) is 6.27. The van der Waals surface area contributed by atoms with Crippen molar-refractivity contribution in [2.45, 2.75) is 24.6 Å². The summed E-state index contributed by atoms with van der Waals surface area (Å²) < 4.78 is 53.8. The number of carbonyl (C=O) groups excluding carboxylic acids is 1. The van der Waals surface area contributed by atoms with Gasteiger partial charge in [0, 0.05) is 64.3 Å². The van der Waals surface area contributed by atoms with Gasteiger partial charge in [-0.1, -0.05) is 18.2 Å². The molecule has 2 saturated heterocycles. The van der Waals surface area contributed by atoms with Crippen LogP contribution in [0.3, 0.4) is 0 Å². The van der Waals surface area contributed by atoms with Crippen LogP contribution in [-0.4, -0.2) is 73.1 Å². The van der Waals surface area contributed by atoms with E-state index in [-0.39, 0.29) is 23.8 Å². The van der Waals surface area contributed by atoms with E-state index in [0.717, 1.165) is 50.4 Å². The molecule has 1 N–H and O–H groups in total. The average molecular weight is 477 g/mol. The molecular formula is C25H28F4N4O. The highest BCUT2D eigenvalue weighted by molar-refractivity contribution is 5.76. The zero-order valence-electron chi connectivity index (χ0n) is 18.8. The molecule has 2 fully saturated rings. The van der Waals surface area contributed by atoms with Gasteiger partial charge in [-0.2, -0.15) is 13.2 Å². The number of hydrogen-bond acceptors (Lipinski definition) is 3. The number of fused-ring (bicyclic) bond motifs is 1. The van der Waals surface area contributed by atoms with Crippen molar-refractivity contribution in [2.75, 3.05) is 52.4 Å². The van der Waals surface area contributed by atoms with Crippen molar-refractivity contribution in [3.8, 4) is 0 Å². The standard InChI is InChI=1S/C25H28F4N4O/c26-19-4-1-17(2-5-19)21-16-23(20-6-3-18(15-22(20)21)25(27,28)29)32-12-9-31(10-13-32)11-14-33-8-7-30-24(33)34/h1-6,15,21,23H,7-14,16H2,(H,30,34)/t21-,23+/m1/s1. The number of carbonyl (C=O) groups is 1. The third-order valence-electron chi connectivity index (χ3n) is 7.36. The van der Waals surface area contributed by atoms with Crippen LogP contribution >= 0.6 is 0 Å². The molecule has 5 rings (SSSR count). The van der Waals surface area contributed by atoms with Crippen molar-refractivity contribution in [2.24, 2.45) is 0 Å². The number of rotatable bonds is 5. The molecule has 0 aromatic heterocycles. The zero-order chi connectivity index (χ0) is 23.9. The molecule has 2 aromatic rings. The molecule has 2 aliphatic heterocycles. The lowest BCUT2D eigenvalue weighted by molar-refractivity contribution is -0.137. The van der Waals surface area contributed by atoms with Gasteiger partial charge in [0.25, 0.3) is 0 Å². The van der Waals surface area contributed by atoms with Crippen LogP contribution in [0.15, 0.2) is 42.5 Å². The average Bonchev–Trinajstić information content (AvgIpc) is 3.41. The molecule has 3 aliphatic rings. The number of benzene rings is 2. The van der Waals surface area contributed by atoms with Gasteiger partial charge in [0.1, 0.15) is 5.82 Å². The van der Waals surface area contributed by atoms with Gasteiger partial charge in [0.05, 0.1) is 5.56 Å². The summed E-state index contributed by atoms with van der Waals surface area (Å²) in [7, 11) is 0. The monoisotopic (exact) mass is 476 g/mol. The second kappa shape index (κ2) is 9.19. The molecule has 34 heavy (non-hydrogen) atoms. The molecule has 1 aliphatic carbocycles. The van der Waals surface area contributed by atoms with E-state index < -0.39 is 11.7 Å². The third-order valence-corrected chi connectivity index (χ3v) is 7.36. The summed E-state index contributed by atoms with van der Waals surface area (Å²) in [4.78, 5) is 18.3. The van der Waals surface area contributed by atoms with Crippen molar-refractivity contribution >= 4 is 6.03 Å². The van der Waals surface area contributed by atoms with Crippen LogP contribution in [0.4, 0.5) is 22.4 Å². The van der Waals surface area contributed by atoms with Crippen molar-refractivity contribution in [3.63, 3.8) is 0 Å². The second-order valence-electron chi connectivity index (χ2n) is 9.29. The molecule has 0 radical (unpaired) electrons. The van der Waals surface area contributed by atoms with E-state index in [2.05, 4.69) is 15.1 Å². The molecule has 2 heterocycles. The minimum atomic E-state index is -4.40. The largest absolute Gasteiger partial charge is 0.416 e. The number of amides is 2. The summed E-state index contributed by atoms with van der Waals surface area (Å²) in [5.74, 6) is -0.556. The van der Waals surface area contributed by atoms with Crippen LogP contribution in [-0.2, 0) is 6.18 Å². The van der Waals surface area contributed by atoms with Crippen molar-refractivity contribution in [1.29, 1.82) is 0 Å². The highest BCUT2D eigenvalue weighted by atomic mass is 19.4. The summed E-state index contributed by atoms with van der Waals surface area (Å²) in [5.41, 5.74) is 1.82. The molecule has 5 nitrogen and oxygen atoms in total. The molecule has 0 spiro atoms. The second-order valence-corrected chi connectivity index (χ2v) is 9.29. The summed E-state index contributed by atoms with van der Waals surface area (Å²) in [6, 6.07) is 10.2. The van der Waals surface area contributed by atoms with Gasteiger partial charge in [-0.05, 0) is 47.4 Å². The van der Waals surface area contributed by atoms with E-state index in [1.165, 1.54) is 24.3 Å². The fraction of sp³-hybridized carbons (Fsp3) is 0.480. The first kappa shape index (κ1) is 23.1. The lowest BCUT2D eigenvalue weighted by atomic mass is 9.92. The zero-order valence-corrected chi connectivity index (χ0v) is 18.8. The van der Waals surface area contributed by atoms with Gasteiger partial charge in [-0.15, -0.1) is 0 Å². The maximum absolute atomic E-state index is 13.5.